The lowest BCUT2D eigenvalue weighted by Crippen LogP contribution is -2.48. The van der Waals surface area contributed by atoms with Crippen LogP contribution in [0.5, 0.6) is 5.75 Å². The van der Waals surface area contributed by atoms with E-state index in [-0.39, 0.29) is 18.0 Å². The molecule has 1 fully saturated rings. The first kappa shape index (κ1) is 26.2. The molecule has 35 heavy (non-hydrogen) atoms. The van der Waals surface area contributed by atoms with E-state index in [2.05, 4.69) is 48.4 Å². The Morgan fingerprint density at radius 1 is 1.09 bits per heavy atom. The van der Waals surface area contributed by atoms with Gasteiger partial charge in [0.2, 0.25) is 11.9 Å². The minimum absolute atomic E-state index is 0.0242. The second-order valence-corrected chi connectivity index (χ2v) is 8.80. The number of piperazine rings is 1. The maximum absolute atomic E-state index is 11.7. The summed E-state index contributed by atoms with van der Waals surface area (Å²) in [5.74, 6) is 2.18. The first-order chi connectivity index (χ1) is 16.9. The molecule has 1 aromatic heterocycles. The Balaban J connectivity index is 1.92. The van der Waals surface area contributed by atoms with Gasteiger partial charge in [0, 0.05) is 45.4 Å². The predicted molar refractivity (Wildman–Crippen MR) is 142 cm³/mol. The van der Waals surface area contributed by atoms with Gasteiger partial charge in [-0.3, -0.25) is 4.79 Å². The van der Waals surface area contributed by atoms with Gasteiger partial charge < -0.3 is 30.6 Å². The molecule has 1 aromatic carbocycles. The Kier molecular flexibility index (Phi) is 9.28. The van der Waals surface area contributed by atoms with Crippen LogP contribution in [0, 0.1) is 5.41 Å². The molecule has 3 N–H and O–H groups in total. The number of ether oxygens (including phenoxy) is 1. The van der Waals surface area contributed by atoms with Crippen molar-refractivity contribution in [2.24, 2.45) is 0 Å². The largest absolute Gasteiger partial charge is 0.494 e. The van der Waals surface area contributed by atoms with E-state index in [1.165, 1.54) is 6.21 Å². The maximum atomic E-state index is 11.7. The first-order valence-corrected chi connectivity index (χ1v) is 12.6. The molecule has 9 nitrogen and oxygen atoms in total. The van der Waals surface area contributed by atoms with Crippen molar-refractivity contribution in [3.8, 4) is 5.75 Å². The molecular formula is C26H39N7O2. The van der Waals surface area contributed by atoms with Crippen LogP contribution in [-0.4, -0.2) is 65.8 Å². The fraction of sp³-hybridized carbons (Fsp3) is 0.538. The van der Waals surface area contributed by atoms with Crippen LogP contribution in [0.3, 0.4) is 0 Å². The highest BCUT2D eigenvalue weighted by molar-refractivity contribution is 5.89. The van der Waals surface area contributed by atoms with Crippen molar-refractivity contribution in [3.63, 3.8) is 0 Å². The number of carbonyl (C=O) groups is 1. The molecule has 0 bridgehead atoms. The Labute approximate surface area is 208 Å². The Hall–Kier alpha value is -3.36. The number of nitrogens with zero attached hydrogens (tertiary/aromatic N) is 4. The van der Waals surface area contributed by atoms with Crippen molar-refractivity contribution in [3.05, 3.63) is 35.5 Å². The van der Waals surface area contributed by atoms with Crippen LogP contribution in [-0.2, 0) is 4.79 Å². The van der Waals surface area contributed by atoms with Gasteiger partial charge in [-0.15, -0.1) is 0 Å². The molecule has 0 spiro atoms. The number of hydrogen-bond acceptors (Lipinski definition) is 8. The minimum atomic E-state index is -0.0242. The van der Waals surface area contributed by atoms with Crippen LogP contribution < -0.4 is 20.3 Å². The van der Waals surface area contributed by atoms with Gasteiger partial charge in [-0.05, 0) is 44.4 Å². The van der Waals surface area contributed by atoms with Crippen LogP contribution in [0.15, 0.2) is 24.3 Å². The third kappa shape index (κ3) is 6.61. The highest BCUT2D eigenvalue weighted by Crippen LogP contribution is 2.31. The Morgan fingerprint density at radius 3 is 2.29 bits per heavy atom. The standard InChI is InChI=1S/C26H39N7O2/c1-6-21(7-2)29-24-23(17-27)30-26(33-15-13-32(14-16-33)19(5)34)31-25(24)28-18(4)20-9-11-22(12-10-20)35-8-3/h9-12,17-18,21,27,29H,6-8,13-16H2,1-5H3,(H,28,30,31)/t18-/m0/s1. The number of aromatic nitrogens is 2. The predicted octanol–water partition coefficient (Wildman–Crippen LogP) is 4.32. The number of anilines is 3. The van der Waals surface area contributed by atoms with Crippen molar-refractivity contribution in [1.82, 2.24) is 14.9 Å². The molecule has 2 aromatic rings. The lowest BCUT2D eigenvalue weighted by atomic mass is 10.1. The van der Waals surface area contributed by atoms with Crippen LogP contribution >= 0.6 is 0 Å². The van der Waals surface area contributed by atoms with E-state index in [1.807, 2.05) is 24.0 Å². The molecule has 3 rings (SSSR count). The zero-order valence-electron chi connectivity index (χ0n) is 21.6. The van der Waals surface area contributed by atoms with Crippen LogP contribution in [0.1, 0.15) is 64.8 Å². The highest BCUT2D eigenvalue weighted by atomic mass is 16.5. The Morgan fingerprint density at radius 2 is 1.74 bits per heavy atom. The van der Waals surface area contributed by atoms with Crippen molar-refractivity contribution in [2.45, 2.75) is 59.5 Å². The number of hydrogen-bond donors (Lipinski definition) is 3. The number of benzene rings is 1. The van der Waals surface area contributed by atoms with Crippen LogP contribution in [0.4, 0.5) is 17.5 Å². The molecule has 2 heterocycles. The summed E-state index contributed by atoms with van der Waals surface area (Å²) in [5, 5.41) is 15.2. The second-order valence-electron chi connectivity index (χ2n) is 8.80. The molecule has 1 amide bonds. The summed E-state index contributed by atoms with van der Waals surface area (Å²) in [6.07, 6.45) is 3.20. The van der Waals surface area contributed by atoms with Gasteiger partial charge in [0.05, 0.1) is 12.6 Å². The first-order valence-electron chi connectivity index (χ1n) is 12.6. The van der Waals surface area contributed by atoms with Crippen molar-refractivity contribution in [1.29, 1.82) is 5.41 Å². The zero-order valence-corrected chi connectivity index (χ0v) is 21.6. The van der Waals surface area contributed by atoms with Crippen molar-refractivity contribution >= 4 is 29.6 Å². The molecule has 0 saturated carbocycles. The molecule has 1 aliphatic heterocycles. The Bertz CT molecular complexity index is 984. The van der Waals surface area contributed by atoms with E-state index < -0.39 is 0 Å². The SMILES string of the molecule is CCOc1ccc([C@H](C)Nc2nc(N3CCN(C(C)=O)CC3)nc(C=N)c2NC(CC)CC)cc1. The fourth-order valence-electron chi connectivity index (χ4n) is 4.18. The lowest BCUT2D eigenvalue weighted by Gasteiger charge is -2.34. The molecule has 9 heteroatoms. The second kappa shape index (κ2) is 12.4. The van der Waals surface area contributed by atoms with Crippen LogP contribution in [0.25, 0.3) is 0 Å². The van der Waals surface area contributed by atoms with Crippen LogP contribution in [0.2, 0.25) is 0 Å². The number of nitrogens with one attached hydrogen (secondary N) is 3. The van der Waals surface area contributed by atoms with Gasteiger partial charge in [-0.2, -0.15) is 4.98 Å². The van der Waals surface area contributed by atoms with Gasteiger partial charge in [-0.25, -0.2) is 4.98 Å². The van der Waals surface area contributed by atoms with E-state index in [1.54, 1.807) is 6.92 Å². The summed E-state index contributed by atoms with van der Waals surface area (Å²) in [5.41, 5.74) is 2.41. The topological polar surface area (TPSA) is 106 Å². The van der Waals surface area contributed by atoms with E-state index in [9.17, 15) is 4.79 Å². The van der Waals surface area contributed by atoms with Gasteiger partial charge >= 0.3 is 0 Å². The summed E-state index contributed by atoms with van der Waals surface area (Å²) < 4.78 is 5.58. The summed E-state index contributed by atoms with van der Waals surface area (Å²) in [4.78, 5) is 25.3. The van der Waals surface area contributed by atoms with E-state index in [0.717, 1.165) is 29.8 Å². The van der Waals surface area contributed by atoms with E-state index >= 15 is 0 Å². The molecule has 1 atom stereocenters. The average molecular weight is 482 g/mol. The summed E-state index contributed by atoms with van der Waals surface area (Å²) in [7, 11) is 0. The minimum Gasteiger partial charge on any atom is -0.494 e. The molecular weight excluding hydrogens is 442 g/mol. The summed E-state index contributed by atoms with van der Waals surface area (Å²) >= 11 is 0. The van der Waals surface area contributed by atoms with Gasteiger partial charge in [0.25, 0.3) is 0 Å². The lowest BCUT2D eigenvalue weighted by molar-refractivity contribution is -0.129. The molecule has 1 aliphatic rings. The van der Waals surface area contributed by atoms with E-state index in [4.69, 9.17) is 20.1 Å². The third-order valence-corrected chi connectivity index (χ3v) is 6.45. The molecule has 0 unspecified atom stereocenters. The molecule has 190 valence electrons. The van der Waals surface area contributed by atoms with Crippen molar-refractivity contribution < 1.29 is 9.53 Å². The summed E-state index contributed by atoms with van der Waals surface area (Å²) in [6.45, 7) is 13.2. The van der Waals surface area contributed by atoms with E-state index in [0.29, 0.717) is 50.2 Å². The maximum Gasteiger partial charge on any atom is 0.228 e. The summed E-state index contributed by atoms with van der Waals surface area (Å²) in [6, 6.07) is 8.29. The fourth-order valence-corrected chi connectivity index (χ4v) is 4.18. The average Bonchev–Trinajstić information content (AvgIpc) is 2.88. The normalized spacial score (nSPS) is 14.6. The molecule has 1 saturated heterocycles. The van der Waals surface area contributed by atoms with Gasteiger partial charge in [0.1, 0.15) is 17.1 Å². The van der Waals surface area contributed by atoms with Crippen molar-refractivity contribution in [2.75, 3.05) is 48.3 Å². The highest BCUT2D eigenvalue weighted by Gasteiger charge is 2.24. The smallest absolute Gasteiger partial charge is 0.228 e. The molecule has 0 aliphatic carbocycles. The monoisotopic (exact) mass is 481 g/mol. The molecule has 0 radical (unpaired) electrons. The van der Waals surface area contributed by atoms with Gasteiger partial charge in [-0.1, -0.05) is 26.0 Å². The zero-order chi connectivity index (χ0) is 25.4. The number of rotatable bonds is 11. The quantitative estimate of drug-likeness (QED) is 0.411. The third-order valence-electron chi connectivity index (χ3n) is 6.45. The number of amides is 1. The number of carbonyl (C=O) groups excluding carboxylic acids is 1. The van der Waals surface area contributed by atoms with Gasteiger partial charge in [0.15, 0.2) is 5.82 Å².